The second-order valence-electron chi connectivity index (χ2n) is 11.2. The molecule has 1 amide bonds. The van der Waals surface area contributed by atoms with Crippen LogP contribution in [0.2, 0.25) is 0 Å². The molecule has 0 aliphatic carbocycles. The maximum atomic E-state index is 12.3. The Morgan fingerprint density at radius 3 is 2.16 bits per heavy atom. The quantitative estimate of drug-likeness (QED) is 0.174. The third-order valence-corrected chi connectivity index (χ3v) is 8.76. The van der Waals surface area contributed by atoms with Crippen LogP contribution in [0.5, 0.6) is 5.75 Å². The highest BCUT2D eigenvalue weighted by Gasteiger charge is 2.29. The van der Waals surface area contributed by atoms with Crippen LogP contribution in [0.1, 0.15) is 34.0 Å². The number of fused-ring (bicyclic) bond motifs is 2. The van der Waals surface area contributed by atoms with Crippen LogP contribution in [0.4, 0.5) is 0 Å². The number of β-amino-alcohol motifs (C(OH)–C–C–N with tert-alkyl or cyclic N) is 1. The monoisotopic (exact) mass is 638 g/mol. The van der Waals surface area contributed by atoms with E-state index in [4.69, 9.17) is 25.2 Å². The van der Waals surface area contributed by atoms with Crippen LogP contribution in [-0.2, 0) is 9.59 Å². The molecule has 0 spiro atoms. The summed E-state index contributed by atoms with van der Waals surface area (Å²) in [6.07, 6.45) is -2.90. The lowest BCUT2D eigenvalue weighted by atomic mass is 9.88. The highest BCUT2D eigenvalue weighted by Crippen LogP contribution is 2.34. The molecule has 1 aliphatic heterocycles. The summed E-state index contributed by atoms with van der Waals surface area (Å²) in [5, 5.41) is 46.7. The van der Waals surface area contributed by atoms with Crippen LogP contribution in [-0.4, -0.2) is 112 Å². The minimum absolute atomic E-state index is 0.00993. The highest BCUT2D eigenvalue weighted by molar-refractivity contribution is 7.20. The first-order valence-corrected chi connectivity index (χ1v) is 15.3. The van der Waals surface area contributed by atoms with E-state index in [9.17, 15) is 19.5 Å². The van der Waals surface area contributed by atoms with Gasteiger partial charge in [-0.15, -0.1) is 11.3 Å². The van der Waals surface area contributed by atoms with Crippen LogP contribution in [0.25, 0.3) is 20.9 Å². The van der Waals surface area contributed by atoms with Crippen molar-refractivity contribution in [3.8, 4) is 5.75 Å². The van der Waals surface area contributed by atoms with E-state index in [-0.39, 0.29) is 12.5 Å². The number of carboxylic acid groups (broad SMARTS) is 2. The largest absolute Gasteiger partial charge is 0.490 e. The van der Waals surface area contributed by atoms with Crippen molar-refractivity contribution in [2.75, 3.05) is 40.3 Å². The van der Waals surface area contributed by atoms with Gasteiger partial charge in [0.1, 0.15) is 18.5 Å². The van der Waals surface area contributed by atoms with Gasteiger partial charge in [-0.1, -0.05) is 48.5 Å². The van der Waals surface area contributed by atoms with Crippen molar-refractivity contribution < 1.29 is 44.7 Å². The normalized spacial score (nSPS) is 15.9. The molecule has 0 radical (unpaired) electrons. The van der Waals surface area contributed by atoms with Crippen LogP contribution < -0.4 is 4.74 Å². The van der Waals surface area contributed by atoms with Crippen LogP contribution in [0.3, 0.4) is 0 Å². The number of amides is 1. The van der Waals surface area contributed by atoms with E-state index in [0.29, 0.717) is 23.1 Å². The first kappa shape index (κ1) is 33.8. The standard InChI is InChI=1S/C29H32N2O3S.C4H6O6/c1-30(2)29(33)28-17-25-26(8-5-9-27(25)35-28)34-19-24(32)18-31-14-12-21(13-15-31)23-11-10-20-6-3-4-7-22(20)16-23;5-1(3(7)8)2(6)4(9)10/h3-11,16-17,21,24,32H,12-15,18-19H2,1-2H3;1-2,5-6H,(H,7,8)(H,9,10)/t24-;/m0./s1. The number of hydrogen-bond donors (Lipinski definition) is 5. The molecule has 1 fully saturated rings. The van der Waals surface area contributed by atoms with Gasteiger partial charge in [-0.2, -0.15) is 0 Å². The van der Waals surface area contributed by atoms with Gasteiger partial charge < -0.3 is 40.1 Å². The van der Waals surface area contributed by atoms with Crippen molar-refractivity contribution in [1.82, 2.24) is 9.80 Å². The van der Waals surface area contributed by atoms with Crippen molar-refractivity contribution in [2.45, 2.75) is 37.1 Å². The summed E-state index contributed by atoms with van der Waals surface area (Å²) in [4.78, 5) is 36.5. The first-order valence-electron chi connectivity index (χ1n) is 14.5. The molecule has 2 unspecified atom stereocenters. The molecule has 1 aromatic heterocycles. The average molecular weight is 639 g/mol. The fourth-order valence-electron chi connectivity index (χ4n) is 5.20. The van der Waals surface area contributed by atoms with E-state index >= 15 is 0 Å². The molecule has 4 aromatic rings. The Morgan fingerprint density at radius 1 is 0.889 bits per heavy atom. The summed E-state index contributed by atoms with van der Waals surface area (Å²) in [6, 6.07) is 23.1. The lowest BCUT2D eigenvalue weighted by molar-refractivity contribution is -0.165. The zero-order valence-electron chi connectivity index (χ0n) is 25.1. The molecule has 1 aliphatic rings. The van der Waals surface area contributed by atoms with Crippen molar-refractivity contribution in [1.29, 1.82) is 0 Å². The summed E-state index contributed by atoms with van der Waals surface area (Å²) in [5.74, 6) is -2.26. The Morgan fingerprint density at radius 2 is 1.53 bits per heavy atom. The zero-order valence-corrected chi connectivity index (χ0v) is 25.9. The smallest absolute Gasteiger partial charge is 0.335 e. The second kappa shape index (κ2) is 15.3. The first-order chi connectivity index (χ1) is 21.4. The van der Waals surface area contributed by atoms with Crippen molar-refractivity contribution in [3.05, 3.63) is 77.2 Å². The number of carbonyl (C=O) groups excluding carboxylic acids is 1. The summed E-state index contributed by atoms with van der Waals surface area (Å²) >= 11 is 1.47. The van der Waals surface area contributed by atoms with Crippen molar-refractivity contribution >= 4 is 50.0 Å². The van der Waals surface area contributed by atoms with E-state index in [0.717, 1.165) is 36.0 Å². The van der Waals surface area contributed by atoms with Gasteiger partial charge in [-0.05, 0) is 66.4 Å². The van der Waals surface area contributed by atoms with E-state index in [1.807, 2.05) is 24.3 Å². The minimum atomic E-state index is -2.27. The van der Waals surface area contributed by atoms with Gasteiger partial charge in [0.2, 0.25) is 0 Å². The van der Waals surface area contributed by atoms with E-state index in [1.54, 1.807) is 19.0 Å². The van der Waals surface area contributed by atoms with Gasteiger partial charge in [0.05, 0.1) is 4.88 Å². The SMILES string of the molecule is CN(C)C(=O)c1cc2c(OC[C@@H](O)CN3CCC(c4ccc5ccccc5c4)CC3)cccc2s1.O=C(O)C(O)C(O)C(=O)O. The predicted octanol–water partition coefficient (Wildman–Crippen LogP) is 3.25. The number of carboxylic acids is 2. The Labute approximate surface area is 264 Å². The van der Waals surface area contributed by atoms with Crippen molar-refractivity contribution in [2.24, 2.45) is 0 Å². The van der Waals surface area contributed by atoms with Gasteiger partial charge >= 0.3 is 11.9 Å². The number of aliphatic hydroxyl groups excluding tert-OH is 3. The molecule has 12 heteroatoms. The summed E-state index contributed by atoms with van der Waals surface area (Å²) in [7, 11) is 3.51. The summed E-state index contributed by atoms with van der Waals surface area (Å²) in [6.45, 7) is 2.79. The molecular formula is C33H38N2O9S. The lowest BCUT2D eigenvalue weighted by Gasteiger charge is -2.33. The average Bonchev–Trinajstić information content (AvgIpc) is 3.48. The number of rotatable bonds is 10. The highest BCUT2D eigenvalue weighted by atomic mass is 32.1. The Hall–Kier alpha value is -4.07. The van der Waals surface area contributed by atoms with Gasteiger partial charge in [-0.3, -0.25) is 4.79 Å². The lowest BCUT2D eigenvalue weighted by Crippen LogP contribution is -2.40. The molecule has 5 N–H and O–H groups in total. The number of benzene rings is 3. The minimum Gasteiger partial charge on any atom is -0.490 e. The summed E-state index contributed by atoms with van der Waals surface area (Å²) in [5.41, 5.74) is 1.42. The van der Waals surface area contributed by atoms with Gasteiger partial charge in [0, 0.05) is 30.7 Å². The number of ether oxygens (including phenoxy) is 1. The molecule has 0 bridgehead atoms. The van der Waals surface area contributed by atoms with Crippen LogP contribution >= 0.6 is 11.3 Å². The molecule has 1 saturated heterocycles. The van der Waals surface area contributed by atoms with Crippen LogP contribution in [0.15, 0.2) is 66.7 Å². The van der Waals surface area contributed by atoms with E-state index in [1.165, 1.54) is 27.7 Å². The van der Waals surface area contributed by atoms with Gasteiger partial charge in [-0.25, -0.2) is 9.59 Å². The fourth-order valence-corrected chi connectivity index (χ4v) is 6.30. The molecule has 0 saturated carbocycles. The molecule has 2 heterocycles. The summed E-state index contributed by atoms with van der Waals surface area (Å²) < 4.78 is 7.02. The number of hydrogen-bond acceptors (Lipinski definition) is 9. The number of aliphatic hydroxyl groups is 3. The maximum absolute atomic E-state index is 12.3. The third-order valence-electron chi connectivity index (χ3n) is 7.68. The van der Waals surface area contributed by atoms with E-state index in [2.05, 4.69) is 47.4 Å². The number of likely N-dealkylation sites (tertiary alicyclic amines) is 1. The zero-order chi connectivity index (χ0) is 32.7. The second-order valence-corrected chi connectivity index (χ2v) is 12.3. The van der Waals surface area contributed by atoms with Gasteiger partial charge in [0.25, 0.3) is 5.91 Å². The molecule has 3 aromatic carbocycles. The van der Waals surface area contributed by atoms with Gasteiger partial charge in [0.15, 0.2) is 12.2 Å². The topological polar surface area (TPSA) is 168 Å². The fraction of sp³-hybridized carbons (Fsp3) is 0.364. The number of piperidine rings is 1. The Kier molecular flexibility index (Phi) is 11.5. The molecule has 5 rings (SSSR count). The third kappa shape index (κ3) is 8.77. The Balaban J connectivity index is 0.000000399. The van der Waals surface area contributed by atoms with E-state index < -0.39 is 30.3 Å². The maximum Gasteiger partial charge on any atom is 0.335 e. The Bertz CT molecular complexity index is 1610. The van der Waals surface area contributed by atoms with Crippen LogP contribution in [0, 0.1) is 0 Å². The molecule has 11 nitrogen and oxygen atoms in total. The number of aliphatic carboxylic acids is 2. The van der Waals surface area contributed by atoms with Crippen molar-refractivity contribution in [3.63, 3.8) is 0 Å². The molecule has 240 valence electrons. The number of carbonyl (C=O) groups is 3. The predicted molar refractivity (Wildman–Crippen MR) is 171 cm³/mol. The number of thiophene rings is 1. The molecular weight excluding hydrogens is 600 g/mol. The molecule has 3 atom stereocenters. The number of nitrogens with zero attached hydrogens (tertiary/aromatic N) is 2. The molecule has 45 heavy (non-hydrogen) atoms.